The molecule has 122 valence electrons. The molecule has 0 saturated heterocycles. The molecule has 0 fully saturated rings. The maximum absolute atomic E-state index is 5.47. The molecule has 0 aliphatic rings. The van der Waals surface area contributed by atoms with Crippen LogP contribution in [0.3, 0.4) is 0 Å². The Labute approximate surface area is 126 Å². The van der Waals surface area contributed by atoms with E-state index in [1.165, 1.54) is 0 Å². The summed E-state index contributed by atoms with van der Waals surface area (Å²) in [7, 11) is 0. The first-order valence-corrected chi connectivity index (χ1v) is 8.01. The van der Waals surface area contributed by atoms with E-state index < -0.39 is 0 Å². The molecule has 20 heavy (non-hydrogen) atoms. The third-order valence-electron chi connectivity index (χ3n) is 3.06. The Hall–Kier alpha value is -0.160. The maximum atomic E-state index is 5.47. The molecule has 0 amide bonds. The van der Waals surface area contributed by atoms with Gasteiger partial charge in [-0.25, -0.2) is 0 Å². The van der Waals surface area contributed by atoms with Gasteiger partial charge in [-0.05, 0) is 47.1 Å². The van der Waals surface area contributed by atoms with Gasteiger partial charge in [0.15, 0.2) is 0 Å². The van der Waals surface area contributed by atoms with Gasteiger partial charge >= 0.3 is 0 Å². The third kappa shape index (κ3) is 12.9. The van der Waals surface area contributed by atoms with Crippen molar-refractivity contribution in [2.45, 2.75) is 47.1 Å². The van der Waals surface area contributed by atoms with Crippen molar-refractivity contribution < 1.29 is 9.47 Å². The lowest BCUT2D eigenvalue weighted by Crippen LogP contribution is -2.42. The zero-order chi connectivity index (χ0) is 15.4. The van der Waals surface area contributed by atoms with E-state index in [9.17, 15) is 0 Å². The van der Waals surface area contributed by atoms with Crippen LogP contribution in [0.2, 0.25) is 0 Å². The Kier molecular flexibility index (Phi) is 11.4. The number of hydrogen-bond acceptors (Lipinski definition) is 4. The highest BCUT2D eigenvalue weighted by atomic mass is 16.5. The third-order valence-corrected chi connectivity index (χ3v) is 3.06. The number of hydrogen-bond donors (Lipinski definition) is 1. The molecule has 0 aliphatic heterocycles. The van der Waals surface area contributed by atoms with Crippen molar-refractivity contribution in [2.75, 3.05) is 52.6 Å². The van der Waals surface area contributed by atoms with Crippen LogP contribution < -0.4 is 5.32 Å². The van der Waals surface area contributed by atoms with Gasteiger partial charge in [0.2, 0.25) is 0 Å². The lowest BCUT2D eigenvalue weighted by atomic mass is 10.1. The summed E-state index contributed by atoms with van der Waals surface area (Å²) in [6.07, 6.45) is 0. The predicted molar refractivity (Wildman–Crippen MR) is 86.3 cm³/mol. The summed E-state index contributed by atoms with van der Waals surface area (Å²) >= 11 is 0. The largest absolute Gasteiger partial charge is 0.380 e. The van der Waals surface area contributed by atoms with E-state index in [1.807, 2.05) is 13.8 Å². The molecule has 0 saturated carbocycles. The van der Waals surface area contributed by atoms with E-state index in [2.05, 4.69) is 37.9 Å². The molecular weight excluding hydrogens is 252 g/mol. The summed E-state index contributed by atoms with van der Waals surface area (Å²) in [5.41, 5.74) is 0.190. The summed E-state index contributed by atoms with van der Waals surface area (Å²) in [5.74, 6) is 0.623. The van der Waals surface area contributed by atoms with Crippen LogP contribution in [0, 0.1) is 5.92 Å². The molecule has 0 spiro atoms. The van der Waals surface area contributed by atoms with Crippen molar-refractivity contribution in [1.29, 1.82) is 0 Å². The molecule has 0 aromatic rings. The van der Waals surface area contributed by atoms with Gasteiger partial charge in [-0.2, -0.15) is 0 Å². The molecule has 1 atom stereocenters. The number of rotatable bonds is 12. The average molecular weight is 288 g/mol. The molecule has 0 bridgehead atoms. The fourth-order valence-electron chi connectivity index (χ4n) is 1.96. The predicted octanol–water partition coefficient (Wildman–Crippen LogP) is 2.39. The minimum atomic E-state index is 0.190. The van der Waals surface area contributed by atoms with Crippen molar-refractivity contribution in [3.8, 4) is 0 Å². The second-order valence-electron chi connectivity index (χ2n) is 6.43. The van der Waals surface area contributed by atoms with Crippen molar-refractivity contribution in [3.05, 3.63) is 0 Å². The number of nitrogens with zero attached hydrogens (tertiary/aromatic N) is 1. The maximum Gasteiger partial charge on any atom is 0.0593 e. The van der Waals surface area contributed by atoms with Gasteiger partial charge in [0.05, 0.1) is 13.2 Å². The van der Waals surface area contributed by atoms with Gasteiger partial charge in [-0.15, -0.1) is 0 Å². The van der Waals surface area contributed by atoms with Crippen molar-refractivity contribution in [3.63, 3.8) is 0 Å². The first-order chi connectivity index (χ1) is 9.39. The minimum Gasteiger partial charge on any atom is -0.380 e. The molecule has 0 aliphatic carbocycles. The Balaban J connectivity index is 4.03. The van der Waals surface area contributed by atoms with E-state index >= 15 is 0 Å². The van der Waals surface area contributed by atoms with Crippen molar-refractivity contribution in [1.82, 2.24) is 10.2 Å². The SMILES string of the molecule is CCOCCN(CCOCC)CC(C)CNC(C)(C)C. The smallest absolute Gasteiger partial charge is 0.0593 e. The summed E-state index contributed by atoms with van der Waals surface area (Å²) in [5, 5.41) is 3.57. The topological polar surface area (TPSA) is 33.7 Å². The molecule has 0 rings (SSSR count). The second-order valence-corrected chi connectivity index (χ2v) is 6.43. The fraction of sp³-hybridized carbons (Fsp3) is 1.00. The first-order valence-electron chi connectivity index (χ1n) is 8.01. The number of ether oxygens (including phenoxy) is 2. The van der Waals surface area contributed by atoms with Crippen LogP contribution in [0.5, 0.6) is 0 Å². The Morgan fingerprint density at radius 1 is 1.00 bits per heavy atom. The van der Waals surface area contributed by atoms with Gasteiger partial charge in [0.25, 0.3) is 0 Å². The minimum absolute atomic E-state index is 0.190. The zero-order valence-electron chi connectivity index (χ0n) is 14.5. The molecule has 1 N–H and O–H groups in total. The molecule has 4 heteroatoms. The van der Waals surface area contributed by atoms with Crippen molar-refractivity contribution in [2.24, 2.45) is 5.92 Å². The van der Waals surface area contributed by atoms with Crippen LogP contribution in [0.1, 0.15) is 41.5 Å². The second kappa shape index (κ2) is 11.5. The quantitative estimate of drug-likeness (QED) is 0.559. The summed E-state index contributed by atoms with van der Waals surface area (Å²) in [6, 6.07) is 0. The highest BCUT2D eigenvalue weighted by molar-refractivity contribution is 4.73. The van der Waals surface area contributed by atoms with E-state index in [4.69, 9.17) is 9.47 Å². The van der Waals surface area contributed by atoms with Crippen LogP contribution >= 0.6 is 0 Å². The summed E-state index contributed by atoms with van der Waals surface area (Å²) < 4.78 is 10.9. The molecule has 4 nitrogen and oxygen atoms in total. The Morgan fingerprint density at radius 3 is 1.90 bits per heavy atom. The fourth-order valence-corrected chi connectivity index (χ4v) is 1.96. The lowest BCUT2D eigenvalue weighted by molar-refractivity contribution is 0.0763. The lowest BCUT2D eigenvalue weighted by Gasteiger charge is -2.28. The van der Waals surface area contributed by atoms with E-state index in [0.29, 0.717) is 5.92 Å². The first kappa shape index (κ1) is 19.8. The molecule has 1 unspecified atom stereocenters. The normalized spacial score (nSPS) is 13.9. The van der Waals surface area contributed by atoms with Crippen molar-refractivity contribution >= 4 is 0 Å². The molecule has 0 radical (unpaired) electrons. The standard InChI is InChI=1S/C16H36N2O2/c1-7-19-11-9-18(10-12-20-8-2)14-15(3)13-17-16(4,5)6/h15,17H,7-14H2,1-6H3. The number of nitrogens with one attached hydrogen (secondary N) is 1. The van der Waals surface area contributed by atoms with E-state index in [0.717, 1.165) is 52.6 Å². The van der Waals surface area contributed by atoms with Gasteiger partial charge in [-0.1, -0.05) is 6.92 Å². The van der Waals surface area contributed by atoms with Crippen LogP contribution in [-0.4, -0.2) is 63.0 Å². The van der Waals surface area contributed by atoms with Crippen LogP contribution in [0.15, 0.2) is 0 Å². The zero-order valence-corrected chi connectivity index (χ0v) is 14.5. The molecule has 0 aromatic heterocycles. The van der Waals surface area contributed by atoms with E-state index in [1.54, 1.807) is 0 Å². The van der Waals surface area contributed by atoms with Crippen LogP contribution in [-0.2, 0) is 9.47 Å². The van der Waals surface area contributed by atoms with Gasteiger partial charge in [0.1, 0.15) is 0 Å². The van der Waals surface area contributed by atoms with Gasteiger partial charge in [0, 0.05) is 38.4 Å². The highest BCUT2D eigenvalue weighted by Crippen LogP contribution is 2.04. The van der Waals surface area contributed by atoms with Gasteiger partial charge in [-0.3, -0.25) is 4.90 Å². The Morgan fingerprint density at radius 2 is 1.50 bits per heavy atom. The average Bonchev–Trinajstić information content (AvgIpc) is 2.36. The monoisotopic (exact) mass is 288 g/mol. The summed E-state index contributed by atoms with van der Waals surface area (Å²) in [4.78, 5) is 2.44. The van der Waals surface area contributed by atoms with Gasteiger partial charge < -0.3 is 14.8 Å². The summed E-state index contributed by atoms with van der Waals surface area (Å²) in [6.45, 7) is 20.3. The molecule has 0 aromatic carbocycles. The molecular formula is C16H36N2O2. The highest BCUT2D eigenvalue weighted by Gasteiger charge is 2.14. The Bertz CT molecular complexity index is 207. The molecule has 0 heterocycles. The van der Waals surface area contributed by atoms with E-state index in [-0.39, 0.29) is 5.54 Å². The van der Waals surface area contributed by atoms with Crippen LogP contribution in [0.4, 0.5) is 0 Å². The van der Waals surface area contributed by atoms with Crippen LogP contribution in [0.25, 0.3) is 0 Å².